The molecule has 0 bridgehead atoms. The first-order valence-electron chi connectivity index (χ1n) is 7.68. The maximum atomic E-state index is 12.2. The van der Waals surface area contributed by atoms with Crippen LogP contribution in [0, 0.1) is 0 Å². The van der Waals surface area contributed by atoms with E-state index in [1.54, 1.807) is 36.0 Å². The van der Waals surface area contributed by atoms with Crippen LogP contribution in [0.5, 0.6) is 0 Å². The molecule has 0 radical (unpaired) electrons. The van der Waals surface area contributed by atoms with Gasteiger partial charge < -0.3 is 10.1 Å². The zero-order chi connectivity index (χ0) is 19.1. The number of hydrogen-bond donors (Lipinski definition) is 1. The molecule has 1 N–H and O–H groups in total. The lowest BCUT2D eigenvalue weighted by atomic mass is 10.2. The van der Waals surface area contributed by atoms with Crippen molar-refractivity contribution in [1.82, 2.24) is 0 Å². The van der Waals surface area contributed by atoms with Gasteiger partial charge in [-0.3, -0.25) is 4.79 Å². The highest BCUT2D eigenvalue weighted by Crippen LogP contribution is 2.29. The molecule has 0 aliphatic heterocycles. The van der Waals surface area contributed by atoms with Crippen LogP contribution < -0.4 is 5.32 Å². The maximum absolute atomic E-state index is 12.2. The molecule has 4 nitrogen and oxygen atoms in total. The summed E-state index contributed by atoms with van der Waals surface area (Å²) in [6.45, 7) is 1.47. The number of ether oxygens (including phenoxy) is 1. The third-order valence-electron chi connectivity index (χ3n) is 3.40. The van der Waals surface area contributed by atoms with E-state index in [9.17, 15) is 9.59 Å². The molecular weight excluding hydrogens is 393 g/mol. The molecule has 0 unspecified atom stereocenters. The monoisotopic (exact) mass is 409 g/mol. The van der Waals surface area contributed by atoms with Gasteiger partial charge in [-0.05, 0) is 49.1 Å². The van der Waals surface area contributed by atoms with Gasteiger partial charge in [-0.25, -0.2) is 4.79 Å². The molecule has 0 saturated heterocycles. The Morgan fingerprint density at radius 1 is 1.12 bits per heavy atom. The number of hydrogen-bond acceptors (Lipinski definition) is 4. The Morgan fingerprint density at radius 2 is 1.73 bits per heavy atom. The Bertz CT molecular complexity index is 802. The van der Waals surface area contributed by atoms with Crippen LogP contribution in [0.25, 0.3) is 6.08 Å². The molecule has 2 aromatic rings. The second kappa shape index (κ2) is 9.67. The first-order valence-corrected chi connectivity index (χ1v) is 9.66. The number of esters is 1. The van der Waals surface area contributed by atoms with Crippen molar-refractivity contribution in [2.75, 3.05) is 11.6 Å². The zero-order valence-corrected chi connectivity index (χ0v) is 16.5. The van der Waals surface area contributed by atoms with Crippen molar-refractivity contribution in [2.45, 2.75) is 17.9 Å². The van der Waals surface area contributed by atoms with Crippen LogP contribution in [0.4, 0.5) is 5.69 Å². The summed E-state index contributed by atoms with van der Waals surface area (Å²) >= 11 is 13.6. The number of carbonyl (C=O) groups excluding carboxylic acids is 2. The van der Waals surface area contributed by atoms with Crippen molar-refractivity contribution >= 4 is 58.6 Å². The van der Waals surface area contributed by atoms with E-state index in [1.807, 2.05) is 30.5 Å². The molecule has 1 amide bonds. The smallest absolute Gasteiger partial charge is 0.331 e. The average Bonchev–Trinajstić information content (AvgIpc) is 2.63. The van der Waals surface area contributed by atoms with Crippen LogP contribution in [0.15, 0.2) is 53.4 Å². The highest BCUT2D eigenvalue weighted by Gasteiger charge is 2.18. The van der Waals surface area contributed by atoms with E-state index in [-0.39, 0.29) is 5.69 Å². The Morgan fingerprint density at radius 3 is 2.31 bits per heavy atom. The average molecular weight is 410 g/mol. The summed E-state index contributed by atoms with van der Waals surface area (Å²) in [5, 5.41) is 3.17. The SMILES string of the molecule is CSc1ccc(/C=C/C(=O)O[C@@H](C)C(=O)Nc2c(Cl)cccc2Cl)cc1. The lowest BCUT2D eigenvalue weighted by Gasteiger charge is -2.14. The summed E-state index contributed by atoms with van der Waals surface area (Å²) < 4.78 is 5.10. The summed E-state index contributed by atoms with van der Waals surface area (Å²) in [5.74, 6) is -1.14. The van der Waals surface area contributed by atoms with E-state index in [2.05, 4.69) is 5.32 Å². The minimum Gasteiger partial charge on any atom is -0.449 e. The molecule has 0 aliphatic carbocycles. The van der Waals surface area contributed by atoms with Crippen molar-refractivity contribution in [1.29, 1.82) is 0 Å². The fourth-order valence-electron chi connectivity index (χ4n) is 1.99. The van der Waals surface area contributed by atoms with E-state index in [4.69, 9.17) is 27.9 Å². The summed E-state index contributed by atoms with van der Waals surface area (Å²) in [5.41, 5.74) is 1.15. The van der Waals surface area contributed by atoms with Gasteiger partial charge >= 0.3 is 5.97 Å². The largest absolute Gasteiger partial charge is 0.449 e. The molecule has 2 rings (SSSR count). The topological polar surface area (TPSA) is 55.4 Å². The molecule has 0 fully saturated rings. The van der Waals surface area contributed by atoms with Gasteiger partial charge in [-0.2, -0.15) is 0 Å². The molecule has 0 spiro atoms. The minimum absolute atomic E-state index is 0.285. The first kappa shape index (κ1) is 20.4. The predicted molar refractivity (Wildman–Crippen MR) is 108 cm³/mol. The number of anilines is 1. The Labute approximate surface area is 166 Å². The second-order valence-electron chi connectivity index (χ2n) is 5.27. The predicted octanol–water partition coefficient (Wildman–Crippen LogP) is 5.30. The maximum Gasteiger partial charge on any atom is 0.331 e. The number of para-hydroxylation sites is 1. The van der Waals surface area contributed by atoms with Crippen LogP contribution in [-0.4, -0.2) is 24.2 Å². The third kappa shape index (κ3) is 5.80. The molecule has 2 aromatic carbocycles. The van der Waals surface area contributed by atoms with Gasteiger partial charge in [0.25, 0.3) is 5.91 Å². The van der Waals surface area contributed by atoms with Crippen molar-refractivity contribution in [3.8, 4) is 0 Å². The number of rotatable bonds is 6. The Kier molecular flexibility index (Phi) is 7.57. The Hall–Kier alpha value is -1.95. The van der Waals surface area contributed by atoms with Crippen molar-refractivity contribution in [3.63, 3.8) is 0 Å². The molecule has 0 aliphatic rings. The quantitative estimate of drug-likeness (QED) is 0.399. The van der Waals surface area contributed by atoms with Gasteiger partial charge in [0.15, 0.2) is 6.10 Å². The van der Waals surface area contributed by atoms with Crippen LogP contribution in [0.3, 0.4) is 0 Å². The number of thioether (sulfide) groups is 1. The highest BCUT2D eigenvalue weighted by molar-refractivity contribution is 7.98. The van der Waals surface area contributed by atoms with E-state index < -0.39 is 18.0 Å². The van der Waals surface area contributed by atoms with E-state index >= 15 is 0 Å². The summed E-state index contributed by atoms with van der Waals surface area (Å²) in [6, 6.07) is 12.6. The van der Waals surface area contributed by atoms with Gasteiger partial charge in [0.05, 0.1) is 15.7 Å². The number of halogens is 2. The van der Waals surface area contributed by atoms with Gasteiger partial charge in [0.1, 0.15) is 0 Å². The number of amides is 1. The summed E-state index contributed by atoms with van der Waals surface area (Å²) in [7, 11) is 0. The number of benzene rings is 2. The molecular formula is C19H17Cl2NO3S. The molecule has 136 valence electrons. The molecule has 0 heterocycles. The molecule has 0 saturated carbocycles. The fraction of sp³-hybridized carbons (Fsp3) is 0.158. The van der Waals surface area contributed by atoms with E-state index in [1.165, 1.54) is 13.0 Å². The Balaban J connectivity index is 1.93. The number of carbonyl (C=O) groups is 2. The standard InChI is InChI=1S/C19H17Cl2NO3S/c1-12(19(24)22-18-15(20)4-3-5-16(18)21)25-17(23)11-8-13-6-9-14(26-2)10-7-13/h3-12H,1-2H3,(H,22,24)/b11-8+/t12-/m0/s1. The van der Waals surface area contributed by atoms with Gasteiger partial charge in [0, 0.05) is 11.0 Å². The fourth-order valence-corrected chi connectivity index (χ4v) is 2.89. The van der Waals surface area contributed by atoms with Gasteiger partial charge in [0.2, 0.25) is 0 Å². The van der Waals surface area contributed by atoms with Gasteiger partial charge in [-0.15, -0.1) is 11.8 Å². The van der Waals surface area contributed by atoms with Crippen LogP contribution in [-0.2, 0) is 14.3 Å². The van der Waals surface area contributed by atoms with Gasteiger partial charge in [-0.1, -0.05) is 41.4 Å². The zero-order valence-electron chi connectivity index (χ0n) is 14.2. The minimum atomic E-state index is -1.00. The molecule has 1 atom stereocenters. The normalized spacial score (nSPS) is 12.0. The second-order valence-corrected chi connectivity index (χ2v) is 6.97. The summed E-state index contributed by atoms with van der Waals surface area (Å²) in [4.78, 5) is 25.2. The lowest BCUT2D eigenvalue weighted by molar-refractivity contribution is -0.148. The van der Waals surface area contributed by atoms with E-state index in [0.29, 0.717) is 10.0 Å². The van der Waals surface area contributed by atoms with Crippen molar-refractivity contribution in [3.05, 3.63) is 64.1 Å². The first-order chi connectivity index (χ1) is 12.4. The van der Waals surface area contributed by atoms with E-state index in [0.717, 1.165) is 10.5 Å². The van der Waals surface area contributed by atoms with Crippen LogP contribution in [0.1, 0.15) is 12.5 Å². The lowest BCUT2D eigenvalue weighted by Crippen LogP contribution is -2.29. The van der Waals surface area contributed by atoms with Crippen molar-refractivity contribution < 1.29 is 14.3 Å². The van der Waals surface area contributed by atoms with Crippen LogP contribution in [0.2, 0.25) is 10.0 Å². The van der Waals surface area contributed by atoms with Crippen LogP contribution >= 0.6 is 35.0 Å². The number of nitrogens with one attached hydrogen (secondary N) is 1. The summed E-state index contributed by atoms with van der Waals surface area (Å²) in [6.07, 6.45) is 3.89. The molecule has 0 aromatic heterocycles. The molecule has 7 heteroatoms. The third-order valence-corrected chi connectivity index (χ3v) is 4.77. The molecule has 26 heavy (non-hydrogen) atoms. The highest BCUT2D eigenvalue weighted by atomic mass is 35.5. The van der Waals surface area contributed by atoms with Crippen molar-refractivity contribution in [2.24, 2.45) is 0 Å².